The van der Waals surface area contributed by atoms with Crippen molar-refractivity contribution in [2.75, 3.05) is 12.1 Å². The smallest absolute Gasteiger partial charge is 0.328 e. The van der Waals surface area contributed by atoms with Crippen LogP contribution in [-0.2, 0) is 23.9 Å². The molecule has 0 saturated carbocycles. The van der Waals surface area contributed by atoms with Crippen LogP contribution in [0.5, 0.6) is 11.5 Å². The van der Waals surface area contributed by atoms with E-state index in [4.69, 9.17) is 18.9 Å². The standard InChI is InChI=1S/C27H34FN3O8/c1-15(2)23(39-20-9-7-19(28)8-10-20)18(6)38-27(35)17(5)31-25(33)22-24(21(30-13-32)11-12-29-22)36-14-37-26(34)16(3)4/h7-13,15-18,23H,14H2,1-6H3,(H,31,33)(H,29,30,32)/t17-,18?,23?/m0/s1. The monoisotopic (exact) mass is 547 g/mol. The fraction of sp³-hybridized carbons (Fsp3) is 0.444. The first-order chi connectivity index (χ1) is 18.4. The van der Waals surface area contributed by atoms with Crippen LogP contribution in [-0.4, -0.2) is 54.3 Å². The fourth-order valence-corrected chi connectivity index (χ4v) is 3.37. The molecule has 12 heteroatoms. The molecule has 39 heavy (non-hydrogen) atoms. The van der Waals surface area contributed by atoms with Crippen molar-refractivity contribution in [1.82, 2.24) is 10.3 Å². The van der Waals surface area contributed by atoms with Crippen LogP contribution >= 0.6 is 0 Å². The number of halogens is 1. The van der Waals surface area contributed by atoms with Gasteiger partial charge in [0.2, 0.25) is 13.2 Å². The largest absolute Gasteiger partial charge is 0.486 e. The van der Waals surface area contributed by atoms with Crippen LogP contribution in [0.4, 0.5) is 10.1 Å². The maximum atomic E-state index is 13.2. The van der Waals surface area contributed by atoms with Crippen molar-refractivity contribution in [1.29, 1.82) is 0 Å². The van der Waals surface area contributed by atoms with E-state index in [1.165, 1.54) is 43.5 Å². The zero-order valence-electron chi connectivity index (χ0n) is 22.7. The van der Waals surface area contributed by atoms with Crippen LogP contribution in [0, 0.1) is 17.7 Å². The Morgan fingerprint density at radius 3 is 2.26 bits per heavy atom. The van der Waals surface area contributed by atoms with Gasteiger partial charge >= 0.3 is 11.9 Å². The molecule has 1 heterocycles. The SMILES string of the molecule is CC(C)C(=O)OCOc1c(NC=O)ccnc1C(=O)N[C@@H](C)C(=O)OC(C)C(Oc1ccc(F)cc1)C(C)C. The lowest BCUT2D eigenvalue weighted by Gasteiger charge is -2.29. The Kier molecular flexibility index (Phi) is 11.6. The Balaban J connectivity index is 2.09. The number of anilines is 1. The quantitative estimate of drug-likeness (QED) is 0.206. The van der Waals surface area contributed by atoms with Gasteiger partial charge in [0, 0.05) is 6.20 Å². The highest BCUT2D eigenvalue weighted by molar-refractivity contribution is 5.99. The first kappa shape index (κ1) is 31.0. The average molecular weight is 548 g/mol. The molecule has 0 aliphatic heterocycles. The summed E-state index contributed by atoms with van der Waals surface area (Å²) < 4.78 is 35.1. The van der Waals surface area contributed by atoms with Gasteiger partial charge in [-0.05, 0) is 50.1 Å². The Morgan fingerprint density at radius 1 is 1.00 bits per heavy atom. The maximum Gasteiger partial charge on any atom is 0.328 e. The number of aromatic nitrogens is 1. The normalized spacial score (nSPS) is 13.2. The zero-order chi connectivity index (χ0) is 29.1. The summed E-state index contributed by atoms with van der Waals surface area (Å²) in [5.74, 6) is -2.66. The summed E-state index contributed by atoms with van der Waals surface area (Å²) in [5, 5.41) is 4.88. The Morgan fingerprint density at radius 2 is 1.67 bits per heavy atom. The van der Waals surface area contributed by atoms with E-state index < -0.39 is 54.6 Å². The van der Waals surface area contributed by atoms with Crippen LogP contribution in [0.2, 0.25) is 0 Å². The number of nitrogens with zero attached hydrogens (tertiary/aromatic N) is 1. The molecule has 2 aromatic rings. The highest BCUT2D eigenvalue weighted by Crippen LogP contribution is 2.27. The maximum absolute atomic E-state index is 13.2. The van der Waals surface area contributed by atoms with E-state index in [-0.39, 0.29) is 23.0 Å². The minimum Gasteiger partial charge on any atom is -0.486 e. The zero-order valence-corrected chi connectivity index (χ0v) is 22.7. The van der Waals surface area contributed by atoms with E-state index in [0.717, 1.165) is 0 Å². The number of nitrogens with one attached hydrogen (secondary N) is 2. The van der Waals surface area contributed by atoms with Crippen molar-refractivity contribution in [3.05, 3.63) is 48.0 Å². The number of hydrogen-bond donors (Lipinski definition) is 2. The van der Waals surface area contributed by atoms with Gasteiger partial charge < -0.3 is 29.6 Å². The third-order valence-corrected chi connectivity index (χ3v) is 5.42. The first-order valence-corrected chi connectivity index (χ1v) is 12.4. The number of carbonyl (C=O) groups excluding carboxylic acids is 4. The second-order valence-electron chi connectivity index (χ2n) is 9.30. The third-order valence-electron chi connectivity index (χ3n) is 5.42. The molecule has 1 aromatic heterocycles. The molecule has 2 N–H and O–H groups in total. The summed E-state index contributed by atoms with van der Waals surface area (Å²) in [5.41, 5.74) is -0.151. The molecule has 2 amide bonds. The van der Waals surface area contributed by atoms with Crippen LogP contribution < -0.4 is 20.1 Å². The van der Waals surface area contributed by atoms with Gasteiger partial charge in [-0.2, -0.15) is 0 Å². The second-order valence-corrected chi connectivity index (χ2v) is 9.30. The molecule has 0 aliphatic carbocycles. The molecule has 0 radical (unpaired) electrons. The predicted molar refractivity (Wildman–Crippen MR) is 138 cm³/mol. The van der Waals surface area contributed by atoms with Gasteiger partial charge in [0.15, 0.2) is 11.4 Å². The van der Waals surface area contributed by atoms with Gasteiger partial charge in [-0.1, -0.05) is 27.7 Å². The van der Waals surface area contributed by atoms with Gasteiger partial charge in [0.1, 0.15) is 29.8 Å². The molecule has 0 spiro atoms. The number of pyridine rings is 1. The minimum atomic E-state index is -1.10. The highest BCUT2D eigenvalue weighted by Gasteiger charge is 2.29. The molecule has 11 nitrogen and oxygen atoms in total. The second kappa shape index (κ2) is 14.6. The highest BCUT2D eigenvalue weighted by atomic mass is 19.1. The summed E-state index contributed by atoms with van der Waals surface area (Å²) in [4.78, 5) is 52.6. The molecule has 1 aromatic carbocycles. The summed E-state index contributed by atoms with van der Waals surface area (Å²) in [6, 6.07) is 5.77. The molecular formula is C27H34FN3O8. The molecule has 212 valence electrons. The van der Waals surface area contributed by atoms with Crippen molar-refractivity contribution in [3.8, 4) is 11.5 Å². The fourth-order valence-electron chi connectivity index (χ4n) is 3.37. The Hall–Kier alpha value is -4.22. The predicted octanol–water partition coefficient (Wildman–Crippen LogP) is 3.48. The Labute approximate surface area is 226 Å². The lowest BCUT2D eigenvalue weighted by molar-refractivity contribution is -0.156. The lowest BCUT2D eigenvalue weighted by atomic mass is 10.0. The van der Waals surface area contributed by atoms with Crippen molar-refractivity contribution in [2.45, 2.75) is 59.8 Å². The number of ether oxygens (including phenoxy) is 4. The third kappa shape index (κ3) is 9.24. The van der Waals surface area contributed by atoms with E-state index in [9.17, 15) is 23.6 Å². The van der Waals surface area contributed by atoms with E-state index in [0.29, 0.717) is 12.2 Å². The average Bonchev–Trinajstić information content (AvgIpc) is 2.88. The number of carbonyl (C=O) groups is 4. The van der Waals surface area contributed by atoms with Crippen LogP contribution in [0.3, 0.4) is 0 Å². The summed E-state index contributed by atoms with van der Waals surface area (Å²) in [7, 11) is 0. The van der Waals surface area contributed by atoms with Crippen molar-refractivity contribution >= 4 is 29.9 Å². The van der Waals surface area contributed by atoms with E-state index in [1.807, 2.05) is 13.8 Å². The minimum absolute atomic E-state index is 0.0653. The summed E-state index contributed by atoms with van der Waals surface area (Å²) in [6.45, 7) is 9.61. The lowest BCUT2D eigenvalue weighted by Crippen LogP contribution is -2.44. The molecule has 2 unspecified atom stereocenters. The van der Waals surface area contributed by atoms with Crippen LogP contribution in [0.25, 0.3) is 0 Å². The number of esters is 2. The molecule has 3 atom stereocenters. The van der Waals surface area contributed by atoms with Crippen molar-refractivity contribution in [3.63, 3.8) is 0 Å². The van der Waals surface area contributed by atoms with Gasteiger partial charge in [0.25, 0.3) is 5.91 Å². The molecule has 0 fully saturated rings. The molecule has 0 bridgehead atoms. The van der Waals surface area contributed by atoms with Crippen molar-refractivity contribution in [2.24, 2.45) is 11.8 Å². The van der Waals surface area contributed by atoms with E-state index >= 15 is 0 Å². The van der Waals surface area contributed by atoms with E-state index in [2.05, 4.69) is 15.6 Å². The molecular weight excluding hydrogens is 513 g/mol. The molecule has 2 rings (SSSR count). The van der Waals surface area contributed by atoms with Crippen LogP contribution in [0.15, 0.2) is 36.5 Å². The molecule has 0 saturated heterocycles. The summed E-state index contributed by atoms with van der Waals surface area (Å²) in [6.07, 6.45) is 0.377. The number of benzene rings is 1. The van der Waals surface area contributed by atoms with E-state index in [1.54, 1.807) is 20.8 Å². The van der Waals surface area contributed by atoms with Gasteiger partial charge in [0.05, 0.1) is 11.6 Å². The Bertz CT molecular complexity index is 1140. The number of hydrogen-bond acceptors (Lipinski definition) is 9. The van der Waals surface area contributed by atoms with Gasteiger partial charge in [-0.25, -0.2) is 14.2 Å². The summed E-state index contributed by atoms with van der Waals surface area (Å²) >= 11 is 0. The topological polar surface area (TPSA) is 142 Å². The molecule has 0 aliphatic rings. The van der Waals surface area contributed by atoms with Crippen LogP contribution in [0.1, 0.15) is 52.0 Å². The first-order valence-electron chi connectivity index (χ1n) is 12.4. The number of rotatable bonds is 14. The number of amides is 2. The van der Waals surface area contributed by atoms with Gasteiger partial charge in [-0.15, -0.1) is 0 Å². The van der Waals surface area contributed by atoms with Crippen molar-refractivity contribution < 1.29 is 42.5 Å². The van der Waals surface area contributed by atoms with Gasteiger partial charge in [-0.3, -0.25) is 14.4 Å².